The van der Waals surface area contributed by atoms with Crippen LogP contribution >= 0.6 is 0 Å². The second-order valence-corrected chi connectivity index (χ2v) is 2.94. The Bertz CT molecular complexity index is 300. The molecule has 1 unspecified atom stereocenters. The Balaban J connectivity index is 2.49. The summed E-state index contributed by atoms with van der Waals surface area (Å²) in [7, 11) is 0. The number of nitrogens with zero attached hydrogens (tertiary/aromatic N) is 3. The first kappa shape index (κ1) is 9.75. The van der Waals surface area contributed by atoms with Gasteiger partial charge in [0.15, 0.2) is 0 Å². The van der Waals surface area contributed by atoms with Crippen LogP contribution in [-0.2, 0) is 13.0 Å². The second-order valence-electron chi connectivity index (χ2n) is 2.94. The number of nitriles is 1. The van der Waals surface area contributed by atoms with Crippen molar-refractivity contribution in [3.8, 4) is 6.07 Å². The standard InChI is InChI=1S/C9H13N3O/c1-2-8-5-11-12(6-8)7-9(13)3-4-10/h5-6,9,13H,2-3,7H2,1H3. The van der Waals surface area contributed by atoms with Gasteiger partial charge >= 0.3 is 0 Å². The van der Waals surface area contributed by atoms with Gasteiger partial charge in [-0.05, 0) is 12.0 Å². The average molecular weight is 179 g/mol. The molecule has 0 aliphatic heterocycles. The fourth-order valence-electron chi connectivity index (χ4n) is 1.07. The monoisotopic (exact) mass is 179 g/mol. The van der Waals surface area contributed by atoms with E-state index in [2.05, 4.69) is 5.10 Å². The summed E-state index contributed by atoms with van der Waals surface area (Å²) in [6, 6.07) is 1.92. The molecule has 0 bridgehead atoms. The van der Waals surface area contributed by atoms with E-state index in [1.807, 2.05) is 19.2 Å². The van der Waals surface area contributed by atoms with Crippen molar-refractivity contribution >= 4 is 0 Å². The van der Waals surface area contributed by atoms with Crippen LogP contribution in [0.3, 0.4) is 0 Å². The van der Waals surface area contributed by atoms with Crippen molar-refractivity contribution in [2.75, 3.05) is 0 Å². The summed E-state index contributed by atoms with van der Waals surface area (Å²) in [6.45, 7) is 2.45. The first-order chi connectivity index (χ1) is 6.26. The van der Waals surface area contributed by atoms with E-state index in [1.165, 1.54) is 0 Å². The smallest absolute Gasteiger partial charge is 0.0865 e. The lowest BCUT2D eigenvalue weighted by Crippen LogP contribution is -2.15. The Hall–Kier alpha value is -1.34. The van der Waals surface area contributed by atoms with Gasteiger partial charge in [-0.25, -0.2) is 0 Å². The molecular weight excluding hydrogens is 166 g/mol. The van der Waals surface area contributed by atoms with Crippen LogP contribution < -0.4 is 0 Å². The van der Waals surface area contributed by atoms with Gasteiger partial charge in [-0.1, -0.05) is 6.92 Å². The van der Waals surface area contributed by atoms with Crippen LogP contribution in [0.25, 0.3) is 0 Å². The third-order valence-corrected chi connectivity index (χ3v) is 1.82. The van der Waals surface area contributed by atoms with Crippen LogP contribution in [-0.4, -0.2) is 21.0 Å². The maximum atomic E-state index is 9.30. The van der Waals surface area contributed by atoms with Crippen molar-refractivity contribution in [2.24, 2.45) is 0 Å². The van der Waals surface area contributed by atoms with Crippen LogP contribution in [0.4, 0.5) is 0 Å². The number of aryl methyl sites for hydroxylation is 1. The molecule has 1 N–H and O–H groups in total. The van der Waals surface area contributed by atoms with Gasteiger partial charge in [0.1, 0.15) is 0 Å². The van der Waals surface area contributed by atoms with E-state index in [0.29, 0.717) is 6.54 Å². The minimum Gasteiger partial charge on any atom is -0.390 e. The summed E-state index contributed by atoms with van der Waals surface area (Å²) in [5, 5.41) is 21.7. The quantitative estimate of drug-likeness (QED) is 0.740. The number of rotatable bonds is 4. The molecule has 4 nitrogen and oxygen atoms in total. The van der Waals surface area contributed by atoms with Gasteiger partial charge in [-0.2, -0.15) is 10.4 Å². The highest BCUT2D eigenvalue weighted by molar-refractivity contribution is 5.02. The molecular formula is C9H13N3O. The first-order valence-corrected chi connectivity index (χ1v) is 4.32. The highest BCUT2D eigenvalue weighted by Crippen LogP contribution is 2.00. The number of aliphatic hydroxyl groups is 1. The Kier molecular flexibility index (Phi) is 3.47. The predicted molar refractivity (Wildman–Crippen MR) is 47.8 cm³/mol. The molecule has 1 atom stereocenters. The molecule has 1 aromatic heterocycles. The molecule has 0 saturated carbocycles. The molecule has 0 aliphatic rings. The van der Waals surface area contributed by atoms with E-state index in [4.69, 9.17) is 5.26 Å². The first-order valence-electron chi connectivity index (χ1n) is 4.32. The molecule has 0 fully saturated rings. The highest BCUT2D eigenvalue weighted by atomic mass is 16.3. The van der Waals surface area contributed by atoms with Gasteiger partial charge in [-0.15, -0.1) is 0 Å². The van der Waals surface area contributed by atoms with E-state index in [0.717, 1.165) is 12.0 Å². The van der Waals surface area contributed by atoms with Gasteiger partial charge in [0, 0.05) is 6.20 Å². The maximum absolute atomic E-state index is 9.30. The van der Waals surface area contributed by atoms with E-state index in [9.17, 15) is 5.11 Å². The molecule has 0 aliphatic carbocycles. The number of aromatic nitrogens is 2. The maximum Gasteiger partial charge on any atom is 0.0865 e. The van der Waals surface area contributed by atoms with E-state index in [-0.39, 0.29) is 6.42 Å². The minimum absolute atomic E-state index is 0.154. The van der Waals surface area contributed by atoms with Gasteiger partial charge in [-0.3, -0.25) is 4.68 Å². The lowest BCUT2D eigenvalue weighted by molar-refractivity contribution is 0.154. The molecule has 1 rings (SSSR count). The van der Waals surface area contributed by atoms with Gasteiger partial charge in [0.05, 0.1) is 31.3 Å². The van der Waals surface area contributed by atoms with Gasteiger partial charge in [0.25, 0.3) is 0 Å². The van der Waals surface area contributed by atoms with Crippen molar-refractivity contribution in [3.63, 3.8) is 0 Å². The van der Waals surface area contributed by atoms with Crippen molar-refractivity contribution in [2.45, 2.75) is 32.4 Å². The SMILES string of the molecule is CCc1cnn(CC(O)CC#N)c1. The number of hydrogen-bond acceptors (Lipinski definition) is 3. The molecule has 0 radical (unpaired) electrons. The van der Waals surface area contributed by atoms with Gasteiger partial charge < -0.3 is 5.11 Å². The van der Waals surface area contributed by atoms with Crippen molar-refractivity contribution in [3.05, 3.63) is 18.0 Å². The molecule has 13 heavy (non-hydrogen) atoms. The normalized spacial score (nSPS) is 12.4. The zero-order valence-corrected chi connectivity index (χ0v) is 7.64. The minimum atomic E-state index is -0.616. The van der Waals surface area contributed by atoms with Crippen molar-refractivity contribution in [1.29, 1.82) is 5.26 Å². The summed E-state index contributed by atoms with van der Waals surface area (Å²) in [5.41, 5.74) is 1.14. The Labute approximate surface area is 77.4 Å². The molecule has 0 saturated heterocycles. The Morgan fingerprint density at radius 2 is 2.54 bits per heavy atom. The average Bonchev–Trinajstić information content (AvgIpc) is 2.52. The van der Waals surface area contributed by atoms with E-state index >= 15 is 0 Å². The fraction of sp³-hybridized carbons (Fsp3) is 0.556. The predicted octanol–water partition coefficient (Wildman–Crippen LogP) is 0.720. The lowest BCUT2D eigenvalue weighted by atomic mass is 10.2. The van der Waals surface area contributed by atoms with Crippen LogP contribution in [0.15, 0.2) is 12.4 Å². The molecule has 1 aromatic rings. The van der Waals surface area contributed by atoms with Crippen LogP contribution in [0.5, 0.6) is 0 Å². The zero-order chi connectivity index (χ0) is 9.68. The van der Waals surface area contributed by atoms with E-state index < -0.39 is 6.10 Å². The largest absolute Gasteiger partial charge is 0.390 e. The molecule has 0 aromatic carbocycles. The second kappa shape index (κ2) is 4.63. The number of aliphatic hydroxyl groups excluding tert-OH is 1. The summed E-state index contributed by atoms with van der Waals surface area (Å²) < 4.78 is 1.67. The topological polar surface area (TPSA) is 61.8 Å². The summed E-state index contributed by atoms with van der Waals surface area (Å²) in [5.74, 6) is 0. The fourth-order valence-corrected chi connectivity index (χ4v) is 1.07. The van der Waals surface area contributed by atoms with Crippen LogP contribution in [0, 0.1) is 11.3 Å². The molecule has 4 heteroatoms. The van der Waals surface area contributed by atoms with Crippen molar-refractivity contribution in [1.82, 2.24) is 9.78 Å². The Morgan fingerprint density at radius 1 is 1.77 bits per heavy atom. The summed E-state index contributed by atoms with van der Waals surface area (Å²) >= 11 is 0. The van der Waals surface area contributed by atoms with Crippen LogP contribution in [0.2, 0.25) is 0 Å². The lowest BCUT2D eigenvalue weighted by Gasteiger charge is -2.05. The molecule has 1 heterocycles. The molecule has 70 valence electrons. The summed E-state index contributed by atoms with van der Waals surface area (Å²) in [6.07, 6.45) is 4.14. The van der Waals surface area contributed by atoms with Crippen molar-refractivity contribution < 1.29 is 5.11 Å². The van der Waals surface area contributed by atoms with Crippen LogP contribution in [0.1, 0.15) is 18.9 Å². The van der Waals surface area contributed by atoms with Gasteiger partial charge in [0.2, 0.25) is 0 Å². The molecule has 0 spiro atoms. The highest BCUT2D eigenvalue weighted by Gasteiger charge is 2.04. The summed E-state index contributed by atoms with van der Waals surface area (Å²) in [4.78, 5) is 0. The third kappa shape index (κ3) is 2.88. The third-order valence-electron chi connectivity index (χ3n) is 1.82. The zero-order valence-electron chi connectivity index (χ0n) is 7.64. The number of hydrogen-bond donors (Lipinski definition) is 1. The van der Waals surface area contributed by atoms with E-state index in [1.54, 1.807) is 10.9 Å². The Morgan fingerprint density at radius 3 is 3.08 bits per heavy atom. The molecule has 0 amide bonds.